The largest absolute Gasteiger partial charge is 0.491 e. The molecular weight excluding hydrogens is 414 g/mol. The third-order valence-electron chi connectivity index (χ3n) is 6.69. The summed E-state index contributed by atoms with van der Waals surface area (Å²) >= 11 is 0. The number of aryl methyl sites for hydroxylation is 1. The van der Waals surface area contributed by atoms with E-state index < -0.39 is 0 Å². The first-order valence-corrected chi connectivity index (χ1v) is 11.9. The zero-order chi connectivity index (χ0) is 22.6. The van der Waals surface area contributed by atoms with E-state index in [2.05, 4.69) is 21.7 Å². The van der Waals surface area contributed by atoms with Crippen molar-refractivity contribution in [1.29, 1.82) is 0 Å². The summed E-state index contributed by atoms with van der Waals surface area (Å²) in [4.78, 5) is 17.5. The maximum Gasteiger partial charge on any atom is 0.255 e. The number of hydrogen-bond acceptors (Lipinski definition) is 5. The molecule has 1 aromatic heterocycles. The van der Waals surface area contributed by atoms with Gasteiger partial charge in [0.25, 0.3) is 5.91 Å². The number of nitrogens with zero attached hydrogens (tertiary/aromatic N) is 1. The summed E-state index contributed by atoms with van der Waals surface area (Å²) in [5, 5.41) is 7.71. The van der Waals surface area contributed by atoms with Crippen molar-refractivity contribution in [2.75, 3.05) is 18.5 Å². The van der Waals surface area contributed by atoms with Crippen LogP contribution >= 0.6 is 0 Å². The molecule has 1 saturated carbocycles. The summed E-state index contributed by atoms with van der Waals surface area (Å²) in [6, 6.07) is 14.1. The Bertz CT molecular complexity index is 1120. The minimum absolute atomic E-state index is 0.149. The van der Waals surface area contributed by atoms with Gasteiger partial charge in [-0.1, -0.05) is 12.5 Å². The number of ether oxygens (including phenoxy) is 2. The number of rotatable bonds is 8. The van der Waals surface area contributed by atoms with Gasteiger partial charge in [0, 0.05) is 42.0 Å². The van der Waals surface area contributed by atoms with Gasteiger partial charge in [-0.05, 0) is 80.1 Å². The van der Waals surface area contributed by atoms with Crippen LogP contribution in [0, 0.1) is 6.92 Å². The lowest BCUT2D eigenvalue weighted by Gasteiger charge is -2.26. The van der Waals surface area contributed by atoms with Gasteiger partial charge in [-0.25, -0.2) is 0 Å². The zero-order valence-corrected chi connectivity index (χ0v) is 19.1. The maximum absolute atomic E-state index is 12.8. The number of fused-ring (bicyclic) bond motifs is 1. The molecule has 3 aromatic rings. The molecule has 2 aliphatic rings. The van der Waals surface area contributed by atoms with Crippen LogP contribution in [0.5, 0.6) is 5.75 Å². The molecule has 2 fully saturated rings. The molecule has 6 nitrogen and oxygen atoms in total. The second kappa shape index (κ2) is 9.89. The van der Waals surface area contributed by atoms with E-state index in [0.717, 1.165) is 53.9 Å². The average Bonchev–Trinajstić information content (AvgIpc) is 3.32. The summed E-state index contributed by atoms with van der Waals surface area (Å²) in [5.74, 6) is 0.597. The molecule has 0 bridgehead atoms. The van der Waals surface area contributed by atoms with Crippen LogP contribution in [0.4, 0.5) is 5.69 Å². The molecular formula is C27H31N3O3. The normalized spacial score (nSPS) is 18.3. The molecule has 1 aliphatic heterocycles. The first-order chi connectivity index (χ1) is 16.2. The molecule has 2 N–H and O–H groups in total. The number of amides is 1. The first-order valence-electron chi connectivity index (χ1n) is 11.9. The van der Waals surface area contributed by atoms with E-state index in [1.807, 2.05) is 37.4 Å². The van der Waals surface area contributed by atoms with E-state index in [1.165, 1.54) is 24.8 Å². The molecule has 5 rings (SSSR count). The van der Waals surface area contributed by atoms with Crippen LogP contribution in [-0.4, -0.2) is 36.3 Å². The van der Waals surface area contributed by atoms with Crippen LogP contribution in [-0.2, 0) is 11.3 Å². The number of pyridine rings is 1. The molecule has 1 amide bonds. The van der Waals surface area contributed by atoms with E-state index in [4.69, 9.17) is 9.47 Å². The lowest BCUT2D eigenvalue weighted by Crippen LogP contribution is -2.34. The Morgan fingerprint density at radius 2 is 1.97 bits per heavy atom. The van der Waals surface area contributed by atoms with Crippen molar-refractivity contribution < 1.29 is 14.3 Å². The smallest absolute Gasteiger partial charge is 0.255 e. The minimum Gasteiger partial charge on any atom is -0.491 e. The van der Waals surface area contributed by atoms with Crippen LogP contribution < -0.4 is 15.4 Å². The van der Waals surface area contributed by atoms with Crippen molar-refractivity contribution >= 4 is 22.5 Å². The van der Waals surface area contributed by atoms with Crippen LogP contribution in [0.1, 0.15) is 53.6 Å². The molecule has 2 heterocycles. The van der Waals surface area contributed by atoms with E-state index in [0.29, 0.717) is 18.2 Å². The minimum atomic E-state index is -0.149. The van der Waals surface area contributed by atoms with E-state index in [-0.39, 0.29) is 12.0 Å². The fourth-order valence-corrected chi connectivity index (χ4v) is 4.36. The van der Waals surface area contributed by atoms with Gasteiger partial charge in [-0.15, -0.1) is 0 Å². The van der Waals surface area contributed by atoms with Crippen LogP contribution in [0.25, 0.3) is 10.9 Å². The Kier molecular flexibility index (Phi) is 6.55. The van der Waals surface area contributed by atoms with E-state index in [1.54, 1.807) is 12.1 Å². The van der Waals surface area contributed by atoms with Crippen LogP contribution in [0.2, 0.25) is 0 Å². The van der Waals surface area contributed by atoms with Gasteiger partial charge in [0.15, 0.2) is 0 Å². The highest BCUT2D eigenvalue weighted by Gasteiger charge is 2.17. The summed E-state index contributed by atoms with van der Waals surface area (Å²) in [7, 11) is 0. The van der Waals surface area contributed by atoms with Crippen molar-refractivity contribution in [2.45, 2.75) is 57.7 Å². The molecule has 6 heteroatoms. The highest BCUT2D eigenvalue weighted by Crippen LogP contribution is 2.26. The third-order valence-corrected chi connectivity index (χ3v) is 6.69. The lowest BCUT2D eigenvalue weighted by atomic mass is 9.93. The zero-order valence-electron chi connectivity index (χ0n) is 19.1. The van der Waals surface area contributed by atoms with Crippen molar-refractivity contribution in [3.05, 3.63) is 65.4 Å². The molecule has 1 aliphatic carbocycles. The van der Waals surface area contributed by atoms with Gasteiger partial charge in [-0.3, -0.25) is 9.78 Å². The molecule has 1 atom stereocenters. The van der Waals surface area contributed by atoms with Crippen molar-refractivity contribution in [3.63, 3.8) is 0 Å². The fourth-order valence-electron chi connectivity index (χ4n) is 4.36. The molecule has 2 aromatic carbocycles. The predicted molar refractivity (Wildman–Crippen MR) is 130 cm³/mol. The second-order valence-corrected chi connectivity index (χ2v) is 9.09. The number of aromatic nitrogens is 1. The summed E-state index contributed by atoms with van der Waals surface area (Å²) in [6.07, 6.45) is 8.11. The van der Waals surface area contributed by atoms with Crippen molar-refractivity contribution in [1.82, 2.24) is 10.3 Å². The predicted octanol–water partition coefficient (Wildman–Crippen LogP) is 5.00. The van der Waals surface area contributed by atoms with Gasteiger partial charge < -0.3 is 20.1 Å². The Labute approximate surface area is 194 Å². The number of nitrogens with one attached hydrogen (secondary N) is 2. The fraction of sp³-hybridized carbons (Fsp3) is 0.407. The molecule has 1 saturated heterocycles. The van der Waals surface area contributed by atoms with E-state index >= 15 is 0 Å². The second-order valence-electron chi connectivity index (χ2n) is 9.09. The molecule has 172 valence electrons. The SMILES string of the molecule is Cc1c(NC(=O)c2ccc(OC[C@@H]3CCCO3)cc2)ccc2cc(CNC3CCC3)cnc12. The Morgan fingerprint density at radius 1 is 1.12 bits per heavy atom. The van der Waals surface area contributed by atoms with E-state index in [9.17, 15) is 4.79 Å². The maximum atomic E-state index is 12.8. The average molecular weight is 446 g/mol. The first kappa shape index (κ1) is 21.9. The highest BCUT2D eigenvalue weighted by molar-refractivity contribution is 6.06. The van der Waals surface area contributed by atoms with Gasteiger partial charge in [0.2, 0.25) is 0 Å². The Morgan fingerprint density at radius 3 is 2.70 bits per heavy atom. The summed E-state index contributed by atoms with van der Waals surface area (Å²) in [5.41, 5.74) is 4.43. The quantitative estimate of drug-likeness (QED) is 0.511. The highest BCUT2D eigenvalue weighted by atomic mass is 16.5. The van der Waals surface area contributed by atoms with Crippen molar-refractivity contribution in [2.24, 2.45) is 0 Å². The number of anilines is 1. The van der Waals surface area contributed by atoms with Crippen LogP contribution in [0.15, 0.2) is 48.7 Å². The number of carbonyl (C=O) groups is 1. The van der Waals surface area contributed by atoms with Crippen molar-refractivity contribution in [3.8, 4) is 5.75 Å². The lowest BCUT2D eigenvalue weighted by molar-refractivity contribution is 0.0679. The monoisotopic (exact) mass is 445 g/mol. The third kappa shape index (κ3) is 5.18. The number of benzene rings is 2. The molecule has 0 unspecified atom stereocenters. The molecule has 33 heavy (non-hydrogen) atoms. The van der Waals surface area contributed by atoms with Gasteiger partial charge in [0.1, 0.15) is 12.4 Å². The van der Waals surface area contributed by atoms with Crippen LogP contribution in [0.3, 0.4) is 0 Å². The number of hydrogen-bond donors (Lipinski definition) is 2. The Balaban J connectivity index is 1.22. The van der Waals surface area contributed by atoms with Gasteiger partial charge in [-0.2, -0.15) is 0 Å². The molecule has 0 spiro atoms. The number of carbonyl (C=O) groups excluding carboxylic acids is 1. The summed E-state index contributed by atoms with van der Waals surface area (Å²) < 4.78 is 11.4. The van der Waals surface area contributed by atoms with Gasteiger partial charge in [0.05, 0.1) is 11.6 Å². The topological polar surface area (TPSA) is 72.5 Å². The molecule has 0 radical (unpaired) electrons. The Hall–Kier alpha value is -2.96. The summed E-state index contributed by atoms with van der Waals surface area (Å²) in [6.45, 7) is 4.21. The van der Waals surface area contributed by atoms with Gasteiger partial charge >= 0.3 is 0 Å². The standard InChI is InChI=1S/C27H31N3O3/c1-18-25(12-9-21-14-19(16-29-26(18)21)15-28-22-4-2-5-22)30-27(31)20-7-10-23(11-8-20)33-17-24-6-3-13-32-24/h7-12,14,16,22,24,28H,2-6,13,15,17H2,1H3,(H,30,31)/t24-/m0/s1.